The van der Waals surface area contributed by atoms with Gasteiger partial charge in [0, 0.05) is 25.8 Å². The summed E-state index contributed by atoms with van der Waals surface area (Å²) in [5, 5.41) is 12.6. The molecule has 14 heavy (non-hydrogen) atoms. The third-order valence-electron chi connectivity index (χ3n) is 2.75. The van der Waals surface area contributed by atoms with Gasteiger partial charge in [-0.15, -0.1) is 0 Å². The molecular weight excluding hydrogens is 182 g/mol. The van der Waals surface area contributed by atoms with Crippen molar-refractivity contribution in [2.24, 2.45) is 0 Å². The molecule has 0 aliphatic heterocycles. The Bertz CT molecular complexity index is 152. The second-order valence-corrected chi connectivity index (χ2v) is 3.84. The summed E-state index contributed by atoms with van der Waals surface area (Å²) < 4.78 is 10.4. The number of ether oxygens (including phenoxy) is 2. The number of methoxy groups -OCH3 is 1. The summed E-state index contributed by atoms with van der Waals surface area (Å²) in [7, 11) is 1.68. The summed E-state index contributed by atoms with van der Waals surface area (Å²) in [5.74, 6) is 0. The van der Waals surface area contributed by atoms with Crippen molar-refractivity contribution < 1.29 is 14.6 Å². The van der Waals surface area contributed by atoms with Crippen LogP contribution in [0.3, 0.4) is 0 Å². The summed E-state index contributed by atoms with van der Waals surface area (Å²) in [5.41, 5.74) is -0.113. The van der Waals surface area contributed by atoms with E-state index in [0.717, 1.165) is 26.0 Å². The molecule has 0 saturated heterocycles. The molecule has 0 atom stereocenters. The molecule has 1 aliphatic rings. The lowest BCUT2D eigenvalue weighted by Gasteiger charge is -2.46. The summed E-state index contributed by atoms with van der Waals surface area (Å²) in [6.07, 6.45) is 2.13. The zero-order valence-corrected chi connectivity index (χ0v) is 9.08. The van der Waals surface area contributed by atoms with E-state index >= 15 is 0 Å². The maximum Gasteiger partial charge on any atom is 0.0615 e. The van der Waals surface area contributed by atoms with Crippen LogP contribution in [-0.2, 0) is 9.47 Å². The number of nitrogens with one attached hydrogen (secondary N) is 1. The van der Waals surface area contributed by atoms with Gasteiger partial charge in [0.05, 0.1) is 19.3 Å². The highest BCUT2D eigenvalue weighted by Gasteiger charge is 2.43. The van der Waals surface area contributed by atoms with Crippen molar-refractivity contribution in [1.29, 1.82) is 0 Å². The molecule has 1 saturated carbocycles. The quantitative estimate of drug-likeness (QED) is 0.578. The van der Waals surface area contributed by atoms with Gasteiger partial charge in [0.2, 0.25) is 0 Å². The minimum atomic E-state index is -0.113. The maximum atomic E-state index is 9.26. The Kier molecular flexibility index (Phi) is 4.81. The second kappa shape index (κ2) is 5.66. The van der Waals surface area contributed by atoms with Crippen LogP contribution in [0, 0.1) is 0 Å². The smallest absolute Gasteiger partial charge is 0.0615 e. The topological polar surface area (TPSA) is 50.7 Å². The van der Waals surface area contributed by atoms with Crippen molar-refractivity contribution in [1.82, 2.24) is 5.32 Å². The fourth-order valence-corrected chi connectivity index (χ4v) is 1.91. The molecule has 1 fully saturated rings. The summed E-state index contributed by atoms with van der Waals surface area (Å²) >= 11 is 0. The van der Waals surface area contributed by atoms with Crippen LogP contribution in [0.1, 0.15) is 19.8 Å². The van der Waals surface area contributed by atoms with Crippen molar-refractivity contribution in [3.63, 3.8) is 0 Å². The first-order chi connectivity index (χ1) is 6.76. The molecule has 0 unspecified atom stereocenters. The molecule has 4 nitrogen and oxygen atoms in total. The van der Waals surface area contributed by atoms with E-state index in [4.69, 9.17) is 9.47 Å². The molecule has 2 N–H and O–H groups in total. The SMILES string of the molecule is CCOC1CC(CO)(NCCOC)C1. The number of aliphatic hydroxyl groups excluding tert-OH is 1. The first kappa shape index (κ1) is 11.9. The van der Waals surface area contributed by atoms with Crippen LogP contribution < -0.4 is 5.32 Å². The molecule has 0 aromatic heterocycles. The highest BCUT2D eigenvalue weighted by atomic mass is 16.5. The van der Waals surface area contributed by atoms with Crippen LogP contribution in [0.25, 0.3) is 0 Å². The molecule has 84 valence electrons. The molecule has 0 heterocycles. The van der Waals surface area contributed by atoms with E-state index < -0.39 is 0 Å². The van der Waals surface area contributed by atoms with Crippen LogP contribution in [0.4, 0.5) is 0 Å². The highest BCUT2D eigenvalue weighted by Crippen LogP contribution is 2.33. The number of hydrogen-bond acceptors (Lipinski definition) is 4. The lowest BCUT2D eigenvalue weighted by atomic mass is 9.74. The van der Waals surface area contributed by atoms with Crippen molar-refractivity contribution in [2.75, 3.05) is 33.5 Å². The van der Waals surface area contributed by atoms with Gasteiger partial charge in [0.1, 0.15) is 0 Å². The highest BCUT2D eigenvalue weighted by molar-refractivity contribution is 5.01. The van der Waals surface area contributed by atoms with Crippen LogP contribution in [0.15, 0.2) is 0 Å². The molecule has 1 rings (SSSR count). The lowest BCUT2D eigenvalue weighted by molar-refractivity contribution is -0.0703. The van der Waals surface area contributed by atoms with Crippen LogP contribution in [0.2, 0.25) is 0 Å². The Morgan fingerprint density at radius 2 is 2.21 bits per heavy atom. The van der Waals surface area contributed by atoms with E-state index in [-0.39, 0.29) is 12.1 Å². The number of aliphatic hydroxyl groups is 1. The number of rotatable bonds is 7. The zero-order chi connectivity index (χ0) is 10.4. The Morgan fingerprint density at radius 1 is 1.50 bits per heavy atom. The van der Waals surface area contributed by atoms with E-state index in [9.17, 15) is 5.11 Å². The summed E-state index contributed by atoms with van der Waals surface area (Å²) in [6, 6.07) is 0. The predicted molar refractivity (Wildman–Crippen MR) is 54.3 cm³/mol. The Labute approximate surface area is 85.6 Å². The van der Waals surface area contributed by atoms with Crippen molar-refractivity contribution in [3.05, 3.63) is 0 Å². The van der Waals surface area contributed by atoms with E-state index in [1.807, 2.05) is 6.92 Å². The van der Waals surface area contributed by atoms with Gasteiger partial charge in [-0.1, -0.05) is 0 Å². The standard InChI is InChI=1S/C10H21NO3/c1-3-14-9-6-10(7-9,8-12)11-4-5-13-2/h9,11-12H,3-8H2,1-2H3. The van der Waals surface area contributed by atoms with Crippen LogP contribution in [0.5, 0.6) is 0 Å². The van der Waals surface area contributed by atoms with E-state index in [2.05, 4.69) is 5.32 Å². The maximum absolute atomic E-state index is 9.26. The summed E-state index contributed by atoms with van der Waals surface area (Å²) in [6.45, 7) is 4.40. The Balaban J connectivity index is 2.19. The van der Waals surface area contributed by atoms with Crippen LogP contribution >= 0.6 is 0 Å². The monoisotopic (exact) mass is 203 g/mol. The van der Waals surface area contributed by atoms with E-state index in [1.165, 1.54) is 0 Å². The fraction of sp³-hybridized carbons (Fsp3) is 1.00. The van der Waals surface area contributed by atoms with Gasteiger partial charge in [-0.25, -0.2) is 0 Å². The lowest BCUT2D eigenvalue weighted by Crippen LogP contribution is -2.61. The molecule has 0 amide bonds. The van der Waals surface area contributed by atoms with Gasteiger partial charge in [0.15, 0.2) is 0 Å². The zero-order valence-electron chi connectivity index (χ0n) is 9.08. The predicted octanol–water partition coefficient (Wildman–Crippen LogP) is 0.152. The van der Waals surface area contributed by atoms with Crippen molar-refractivity contribution >= 4 is 0 Å². The molecular formula is C10H21NO3. The van der Waals surface area contributed by atoms with Gasteiger partial charge in [-0.2, -0.15) is 0 Å². The van der Waals surface area contributed by atoms with Crippen LogP contribution in [-0.4, -0.2) is 50.2 Å². The third kappa shape index (κ3) is 2.92. The molecule has 1 aliphatic carbocycles. The van der Waals surface area contributed by atoms with Gasteiger partial charge in [0.25, 0.3) is 0 Å². The van der Waals surface area contributed by atoms with Gasteiger partial charge in [-0.3, -0.25) is 0 Å². The third-order valence-corrected chi connectivity index (χ3v) is 2.75. The molecule has 0 aromatic rings. The Hall–Kier alpha value is -0.160. The Morgan fingerprint density at radius 3 is 2.71 bits per heavy atom. The van der Waals surface area contributed by atoms with Crippen molar-refractivity contribution in [3.8, 4) is 0 Å². The minimum Gasteiger partial charge on any atom is -0.394 e. The van der Waals surface area contributed by atoms with Gasteiger partial charge < -0.3 is 19.9 Å². The largest absolute Gasteiger partial charge is 0.394 e. The molecule has 0 spiro atoms. The minimum absolute atomic E-state index is 0.113. The number of hydrogen-bond donors (Lipinski definition) is 2. The van der Waals surface area contributed by atoms with Gasteiger partial charge >= 0.3 is 0 Å². The average Bonchev–Trinajstić information content (AvgIpc) is 2.14. The molecule has 0 bridgehead atoms. The summed E-state index contributed by atoms with van der Waals surface area (Å²) in [4.78, 5) is 0. The average molecular weight is 203 g/mol. The first-order valence-electron chi connectivity index (χ1n) is 5.23. The van der Waals surface area contributed by atoms with Crippen molar-refractivity contribution in [2.45, 2.75) is 31.4 Å². The van der Waals surface area contributed by atoms with Gasteiger partial charge in [-0.05, 0) is 19.8 Å². The first-order valence-corrected chi connectivity index (χ1v) is 5.23. The molecule has 0 radical (unpaired) electrons. The van der Waals surface area contributed by atoms with E-state index in [1.54, 1.807) is 7.11 Å². The molecule has 4 heteroatoms. The van der Waals surface area contributed by atoms with E-state index in [0.29, 0.717) is 12.7 Å². The normalized spacial score (nSPS) is 31.5. The molecule has 0 aromatic carbocycles. The fourth-order valence-electron chi connectivity index (χ4n) is 1.91. The second-order valence-electron chi connectivity index (χ2n) is 3.84.